The van der Waals surface area contributed by atoms with Crippen molar-refractivity contribution in [3.63, 3.8) is 0 Å². The van der Waals surface area contributed by atoms with E-state index in [0.29, 0.717) is 23.7 Å². The second kappa shape index (κ2) is 4.16. The molecule has 0 aromatic rings. The number of hydrogen-bond donors (Lipinski definition) is 1. The van der Waals surface area contributed by atoms with Gasteiger partial charge in [-0.2, -0.15) is 0 Å². The zero-order chi connectivity index (χ0) is 9.14. The SMILES string of the molecule is CC1CN(CC(N)=S)C(C)CO1. The van der Waals surface area contributed by atoms with Crippen LogP contribution in [0.4, 0.5) is 0 Å². The average Bonchev–Trinajstić information content (AvgIpc) is 1.96. The second-order valence-electron chi connectivity index (χ2n) is 3.39. The highest BCUT2D eigenvalue weighted by Gasteiger charge is 2.23. The summed E-state index contributed by atoms with van der Waals surface area (Å²) < 4.78 is 5.48. The molecule has 12 heavy (non-hydrogen) atoms. The summed E-state index contributed by atoms with van der Waals surface area (Å²) in [5, 5.41) is 0. The van der Waals surface area contributed by atoms with Gasteiger partial charge in [-0.3, -0.25) is 4.90 Å². The van der Waals surface area contributed by atoms with Crippen LogP contribution < -0.4 is 5.73 Å². The number of morpholine rings is 1. The summed E-state index contributed by atoms with van der Waals surface area (Å²) in [6.07, 6.45) is 0.301. The maximum absolute atomic E-state index is 5.48. The van der Waals surface area contributed by atoms with Crippen LogP contribution in [-0.2, 0) is 4.74 Å². The van der Waals surface area contributed by atoms with E-state index in [1.165, 1.54) is 0 Å². The fraction of sp³-hybridized carbons (Fsp3) is 0.875. The first-order valence-corrected chi connectivity index (χ1v) is 4.64. The van der Waals surface area contributed by atoms with Crippen molar-refractivity contribution in [2.45, 2.75) is 26.0 Å². The summed E-state index contributed by atoms with van der Waals surface area (Å²) in [6, 6.07) is 0.433. The zero-order valence-electron chi connectivity index (χ0n) is 7.62. The van der Waals surface area contributed by atoms with Crippen LogP contribution in [0.3, 0.4) is 0 Å². The molecule has 0 saturated carbocycles. The first-order chi connectivity index (χ1) is 5.59. The smallest absolute Gasteiger partial charge is 0.0870 e. The van der Waals surface area contributed by atoms with Crippen LogP contribution in [0.2, 0.25) is 0 Å². The number of nitrogens with two attached hydrogens (primary N) is 1. The summed E-state index contributed by atoms with van der Waals surface area (Å²) in [5.41, 5.74) is 5.48. The van der Waals surface area contributed by atoms with Gasteiger partial charge >= 0.3 is 0 Å². The lowest BCUT2D eigenvalue weighted by Crippen LogP contribution is -2.49. The Labute approximate surface area is 78.9 Å². The highest BCUT2D eigenvalue weighted by atomic mass is 32.1. The lowest BCUT2D eigenvalue weighted by Gasteiger charge is -2.36. The summed E-state index contributed by atoms with van der Waals surface area (Å²) in [7, 11) is 0. The van der Waals surface area contributed by atoms with Crippen molar-refractivity contribution in [1.29, 1.82) is 0 Å². The van der Waals surface area contributed by atoms with Gasteiger partial charge in [0.15, 0.2) is 0 Å². The fourth-order valence-corrected chi connectivity index (χ4v) is 1.56. The van der Waals surface area contributed by atoms with Gasteiger partial charge in [-0.05, 0) is 13.8 Å². The molecule has 1 heterocycles. The standard InChI is InChI=1S/C8H16N2OS/c1-6-5-11-7(2)3-10(6)4-8(9)12/h6-7H,3-5H2,1-2H3,(H2,9,12). The first-order valence-electron chi connectivity index (χ1n) is 4.23. The van der Waals surface area contributed by atoms with E-state index in [0.717, 1.165) is 13.2 Å². The van der Waals surface area contributed by atoms with Crippen LogP contribution in [0.1, 0.15) is 13.8 Å². The van der Waals surface area contributed by atoms with Crippen molar-refractivity contribution in [1.82, 2.24) is 4.90 Å². The van der Waals surface area contributed by atoms with E-state index < -0.39 is 0 Å². The fourth-order valence-electron chi connectivity index (χ4n) is 1.39. The van der Waals surface area contributed by atoms with Gasteiger partial charge in [-0.1, -0.05) is 12.2 Å². The summed E-state index contributed by atoms with van der Waals surface area (Å²) in [5.74, 6) is 0. The maximum Gasteiger partial charge on any atom is 0.0870 e. The van der Waals surface area contributed by atoms with E-state index in [4.69, 9.17) is 22.7 Å². The second-order valence-corrected chi connectivity index (χ2v) is 3.91. The highest BCUT2D eigenvalue weighted by Crippen LogP contribution is 2.10. The average molecular weight is 188 g/mol. The van der Waals surface area contributed by atoms with E-state index in [1.54, 1.807) is 0 Å². The molecule has 2 N–H and O–H groups in total. The topological polar surface area (TPSA) is 38.5 Å². The van der Waals surface area contributed by atoms with E-state index in [-0.39, 0.29) is 0 Å². The molecule has 70 valence electrons. The third kappa shape index (κ3) is 2.69. The molecule has 0 amide bonds. The van der Waals surface area contributed by atoms with E-state index in [2.05, 4.69) is 18.7 Å². The molecular weight excluding hydrogens is 172 g/mol. The Bertz CT molecular complexity index is 174. The van der Waals surface area contributed by atoms with Gasteiger partial charge in [-0.15, -0.1) is 0 Å². The molecule has 0 radical (unpaired) electrons. The van der Waals surface area contributed by atoms with Gasteiger partial charge in [0.05, 0.1) is 17.7 Å². The van der Waals surface area contributed by atoms with Gasteiger partial charge in [0, 0.05) is 19.1 Å². The molecule has 2 atom stereocenters. The molecule has 1 rings (SSSR count). The minimum atomic E-state index is 0.301. The van der Waals surface area contributed by atoms with Crippen LogP contribution in [0.15, 0.2) is 0 Å². The van der Waals surface area contributed by atoms with Crippen molar-refractivity contribution in [3.05, 3.63) is 0 Å². The van der Waals surface area contributed by atoms with Crippen LogP contribution in [0.25, 0.3) is 0 Å². The first kappa shape index (κ1) is 9.89. The molecule has 3 nitrogen and oxygen atoms in total. The number of rotatable bonds is 2. The van der Waals surface area contributed by atoms with Gasteiger partial charge in [0.2, 0.25) is 0 Å². The van der Waals surface area contributed by atoms with Gasteiger partial charge in [0.1, 0.15) is 0 Å². The summed E-state index contributed by atoms with van der Waals surface area (Å²) in [4.78, 5) is 2.83. The molecule has 0 aliphatic carbocycles. The molecule has 0 bridgehead atoms. The van der Waals surface area contributed by atoms with Crippen molar-refractivity contribution < 1.29 is 4.74 Å². The van der Waals surface area contributed by atoms with Crippen LogP contribution >= 0.6 is 12.2 Å². The lowest BCUT2D eigenvalue weighted by molar-refractivity contribution is -0.0431. The van der Waals surface area contributed by atoms with Crippen LogP contribution in [-0.4, -0.2) is 41.7 Å². The van der Waals surface area contributed by atoms with Crippen molar-refractivity contribution in [2.24, 2.45) is 5.73 Å². The number of ether oxygens (including phenoxy) is 1. The van der Waals surface area contributed by atoms with Crippen molar-refractivity contribution >= 4 is 17.2 Å². The Morgan fingerprint density at radius 1 is 1.67 bits per heavy atom. The predicted molar refractivity (Wildman–Crippen MR) is 53.2 cm³/mol. The third-order valence-electron chi connectivity index (χ3n) is 2.10. The number of nitrogens with zero attached hydrogens (tertiary/aromatic N) is 1. The summed E-state index contributed by atoms with van der Waals surface area (Å²) in [6.45, 7) is 6.62. The lowest BCUT2D eigenvalue weighted by atomic mass is 10.2. The Hall–Kier alpha value is -0.190. The molecule has 1 fully saturated rings. The Morgan fingerprint density at radius 2 is 2.33 bits per heavy atom. The van der Waals surface area contributed by atoms with E-state index >= 15 is 0 Å². The molecule has 1 saturated heterocycles. The molecule has 1 aliphatic rings. The predicted octanol–water partition coefficient (Wildman–Crippen LogP) is 0.382. The third-order valence-corrected chi connectivity index (χ3v) is 2.22. The minimum absolute atomic E-state index is 0.301. The Balaban J connectivity index is 2.43. The number of thiocarbonyl (C=S) groups is 1. The van der Waals surface area contributed by atoms with Gasteiger partial charge in [-0.25, -0.2) is 0 Å². The molecule has 0 aromatic carbocycles. The van der Waals surface area contributed by atoms with Crippen LogP contribution in [0, 0.1) is 0 Å². The molecular formula is C8H16N2OS. The van der Waals surface area contributed by atoms with Crippen molar-refractivity contribution in [3.8, 4) is 0 Å². The Morgan fingerprint density at radius 3 is 2.92 bits per heavy atom. The van der Waals surface area contributed by atoms with E-state index in [1.807, 2.05) is 0 Å². The molecule has 4 heteroatoms. The normalized spacial score (nSPS) is 31.8. The van der Waals surface area contributed by atoms with E-state index in [9.17, 15) is 0 Å². The highest BCUT2D eigenvalue weighted by molar-refractivity contribution is 7.80. The maximum atomic E-state index is 5.48. The minimum Gasteiger partial charge on any atom is -0.392 e. The van der Waals surface area contributed by atoms with Gasteiger partial charge < -0.3 is 10.5 Å². The molecule has 2 unspecified atom stereocenters. The summed E-state index contributed by atoms with van der Waals surface area (Å²) >= 11 is 4.86. The largest absolute Gasteiger partial charge is 0.392 e. The number of hydrogen-bond acceptors (Lipinski definition) is 3. The van der Waals surface area contributed by atoms with Crippen LogP contribution in [0.5, 0.6) is 0 Å². The zero-order valence-corrected chi connectivity index (χ0v) is 8.43. The molecule has 0 aromatic heterocycles. The molecule has 0 spiro atoms. The quantitative estimate of drug-likeness (QED) is 0.636. The molecule has 1 aliphatic heterocycles. The monoisotopic (exact) mass is 188 g/mol. The van der Waals surface area contributed by atoms with Crippen molar-refractivity contribution in [2.75, 3.05) is 19.7 Å². The Kier molecular flexibility index (Phi) is 3.43. The van der Waals surface area contributed by atoms with Gasteiger partial charge in [0.25, 0.3) is 0 Å².